The van der Waals surface area contributed by atoms with E-state index in [1.807, 2.05) is 40.1 Å². The minimum Gasteiger partial charge on any atom is -0.264 e. The average Bonchev–Trinajstić information content (AvgIpc) is 2.84. The molecule has 2 atom stereocenters. The first-order valence-electron chi connectivity index (χ1n) is 8.92. The van der Waals surface area contributed by atoms with Crippen molar-refractivity contribution < 1.29 is 0 Å². The van der Waals surface area contributed by atoms with Crippen molar-refractivity contribution in [1.82, 2.24) is 4.98 Å². The lowest BCUT2D eigenvalue weighted by molar-refractivity contribution is 0.249. The summed E-state index contributed by atoms with van der Waals surface area (Å²) in [4.78, 5) is 4.23. The summed E-state index contributed by atoms with van der Waals surface area (Å²) in [7, 11) is 0. The molecular formula is C21H33N. The Kier molecular flexibility index (Phi) is 7.06. The molecule has 0 radical (unpaired) electrons. The van der Waals surface area contributed by atoms with Crippen molar-refractivity contribution in [3.63, 3.8) is 0 Å². The van der Waals surface area contributed by atoms with Crippen molar-refractivity contribution in [1.29, 1.82) is 0 Å². The average molecular weight is 300 g/mol. The molecule has 1 fully saturated rings. The number of hydrogen-bond donors (Lipinski definition) is 0. The lowest BCUT2D eigenvalue weighted by atomic mass is 9.73. The molecule has 1 heteroatoms. The summed E-state index contributed by atoms with van der Waals surface area (Å²) < 4.78 is 0. The number of aromatic nitrogens is 1. The van der Waals surface area contributed by atoms with E-state index in [-0.39, 0.29) is 0 Å². The zero-order chi connectivity index (χ0) is 16.8. The van der Waals surface area contributed by atoms with Crippen LogP contribution in [-0.4, -0.2) is 4.98 Å². The molecule has 2 aromatic rings. The van der Waals surface area contributed by atoms with Gasteiger partial charge in [0.1, 0.15) is 0 Å². The van der Waals surface area contributed by atoms with Crippen LogP contribution in [0.15, 0.2) is 36.7 Å². The van der Waals surface area contributed by atoms with Gasteiger partial charge in [-0.2, -0.15) is 0 Å². The Hall–Kier alpha value is -1.37. The van der Waals surface area contributed by atoms with Crippen LogP contribution in [0.3, 0.4) is 0 Å². The number of hydrogen-bond acceptors (Lipinski definition) is 1. The topological polar surface area (TPSA) is 12.9 Å². The molecule has 1 nitrogen and oxygen atoms in total. The molecule has 1 aliphatic carbocycles. The summed E-state index contributed by atoms with van der Waals surface area (Å²) in [6.07, 6.45) is 6.51. The van der Waals surface area contributed by atoms with Crippen LogP contribution in [0.1, 0.15) is 72.8 Å². The molecule has 0 bridgehead atoms. The summed E-state index contributed by atoms with van der Waals surface area (Å²) in [5, 5.41) is 2.56. The summed E-state index contributed by atoms with van der Waals surface area (Å²) in [6.45, 7) is 15.2. The number of rotatable bonds is 1. The van der Waals surface area contributed by atoms with Gasteiger partial charge in [0.15, 0.2) is 0 Å². The summed E-state index contributed by atoms with van der Waals surface area (Å²) in [6, 6.07) is 8.98. The van der Waals surface area contributed by atoms with Crippen molar-refractivity contribution in [2.45, 2.75) is 67.2 Å². The van der Waals surface area contributed by atoms with Gasteiger partial charge in [0.25, 0.3) is 0 Å². The normalized spacial score (nSPS) is 22.3. The minimum absolute atomic E-state index is 0.413. The van der Waals surface area contributed by atoms with Gasteiger partial charge in [0, 0.05) is 17.8 Å². The molecular weight excluding hydrogens is 266 g/mol. The second-order valence-corrected chi connectivity index (χ2v) is 6.33. The van der Waals surface area contributed by atoms with Crippen LogP contribution in [0.2, 0.25) is 0 Å². The molecule has 2 unspecified atom stereocenters. The monoisotopic (exact) mass is 299 g/mol. The molecule has 0 spiro atoms. The third kappa shape index (κ3) is 3.69. The Bertz CT molecular complexity index is 571. The van der Waals surface area contributed by atoms with E-state index in [2.05, 4.69) is 50.0 Å². The van der Waals surface area contributed by atoms with E-state index in [0.29, 0.717) is 11.3 Å². The molecule has 1 aromatic carbocycles. The predicted molar refractivity (Wildman–Crippen MR) is 99.4 cm³/mol. The Balaban J connectivity index is 0.000000561. The van der Waals surface area contributed by atoms with Gasteiger partial charge in [0.2, 0.25) is 0 Å². The third-order valence-electron chi connectivity index (χ3n) is 5.12. The van der Waals surface area contributed by atoms with Gasteiger partial charge in [0.05, 0.1) is 0 Å². The maximum Gasteiger partial charge on any atom is 0.0346 e. The van der Waals surface area contributed by atoms with E-state index in [4.69, 9.17) is 0 Å². The maximum atomic E-state index is 4.23. The fraction of sp³-hybridized carbons (Fsp3) is 0.571. The smallest absolute Gasteiger partial charge is 0.0346 e. The molecule has 3 rings (SSSR count). The first-order chi connectivity index (χ1) is 10.6. The SMILES string of the molecule is CC.CC.CC1CCC(c2ccc3ccncc3c2)C1(C)C. The van der Waals surface area contributed by atoms with Gasteiger partial charge < -0.3 is 0 Å². The van der Waals surface area contributed by atoms with Gasteiger partial charge in [-0.05, 0) is 53.2 Å². The fourth-order valence-electron chi connectivity index (χ4n) is 3.42. The van der Waals surface area contributed by atoms with Crippen LogP contribution >= 0.6 is 0 Å². The Morgan fingerprint density at radius 3 is 2.23 bits per heavy atom. The van der Waals surface area contributed by atoms with Crippen molar-refractivity contribution in [2.24, 2.45) is 11.3 Å². The quantitative estimate of drug-likeness (QED) is 0.562. The first-order valence-corrected chi connectivity index (χ1v) is 8.92. The predicted octanol–water partition coefficient (Wildman–Crippen LogP) is 6.83. The van der Waals surface area contributed by atoms with Crippen molar-refractivity contribution in [3.05, 3.63) is 42.2 Å². The van der Waals surface area contributed by atoms with Crippen LogP contribution in [0.5, 0.6) is 0 Å². The lowest BCUT2D eigenvalue weighted by Gasteiger charge is -2.31. The third-order valence-corrected chi connectivity index (χ3v) is 5.12. The van der Waals surface area contributed by atoms with E-state index in [1.165, 1.54) is 29.2 Å². The standard InChI is InChI=1S/C17H21N.2C2H6/c1-12-4-7-16(17(12,2)3)14-6-5-13-8-9-18-11-15(13)10-14;2*1-2/h5-6,8-12,16H,4,7H2,1-3H3;2*1-2H3. The fourth-order valence-corrected chi connectivity index (χ4v) is 3.42. The Labute approximate surface area is 137 Å². The molecule has 1 saturated carbocycles. The number of nitrogens with zero attached hydrogens (tertiary/aromatic N) is 1. The number of benzene rings is 1. The summed E-state index contributed by atoms with van der Waals surface area (Å²) >= 11 is 0. The molecule has 1 aliphatic rings. The van der Waals surface area contributed by atoms with Crippen LogP contribution in [0.4, 0.5) is 0 Å². The van der Waals surface area contributed by atoms with Gasteiger partial charge in [-0.15, -0.1) is 0 Å². The Morgan fingerprint density at radius 1 is 0.955 bits per heavy atom. The highest BCUT2D eigenvalue weighted by atomic mass is 14.6. The summed E-state index contributed by atoms with van der Waals surface area (Å²) in [5.41, 5.74) is 1.90. The largest absolute Gasteiger partial charge is 0.264 e. The zero-order valence-electron chi connectivity index (χ0n) is 15.5. The van der Waals surface area contributed by atoms with E-state index < -0.39 is 0 Å². The van der Waals surface area contributed by atoms with Gasteiger partial charge in [-0.1, -0.05) is 60.6 Å². The second kappa shape index (κ2) is 8.31. The highest BCUT2D eigenvalue weighted by Crippen LogP contribution is 2.52. The van der Waals surface area contributed by atoms with E-state index in [0.717, 1.165) is 5.92 Å². The highest BCUT2D eigenvalue weighted by molar-refractivity contribution is 5.82. The number of pyridine rings is 1. The molecule has 122 valence electrons. The van der Waals surface area contributed by atoms with E-state index in [1.54, 1.807) is 0 Å². The number of fused-ring (bicyclic) bond motifs is 1. The van der Waals surface area contributed by atoms with Crippen molar-refractivity contribution in [3.8, 4) is 0 Å². The zero-order valence-corrected chi connectivity index (χ0v) is 15.5. The highest BCUT2D eigenvalue weighted by Gasteiger charge is 2.40. The van der Waals surface area contributed by atoms with Crippen molar-refractivity contribution in [2.75, 3.05) is 0 Å². The van der Waals surface area contributed by atoms with Crippen LogP contribution in [-0.2, 0) is 0 Å². The van der Waals surface area contributed by atoms with Gasteiger partial charge in [-0.3, -0.25) is 4.98 Å². The second-order valence-electron chi connectivity index (χ2n) is 6.33. The molecule has 1 aromatic heterocycles. The van der Waals surface area contributed by atoms with Crippen molar-refractivity contribution >= 4 is 10.8 Å². The van der Waals surface area contributed by atoms with Gasteiger partial charge in [-0.25, -0.2) is 0 Å². The summed E-state index contributed by atoms with van der Waals surface area (Å²) in [5.74, 6) is 1.50. The molecule has 1 heterocycles. The minimum atomic E-state index is 0.413. The molecule has 0 N–H and O–H groups in total. The van der Waals surface area contributed by atoms with Crippen LogP contribution < -0.4 is 0 Å². The molecule has 0 saturated heterocycles. The Morgan fingerprint density at radius 2 is 1.64 bits per heavy atom. The lowest BCUT2D eigenvalue weighted by Crippen LogP contribution is -2.21. The first kappa shape index (κ1) is 18.7. The van der Waals surface area contributed by atoms with E-state index >= 15 is 0 Å². The van der Waals surface area contributed by atoms with E-state index in [9.17, 15) is 0 Å². The van der Waals surface area contributed by atoms with Crippen LogP contribution in [0, 0.1) is 11.3 Å². The maximum absolute atomic E-state index is 4.23. The van der Waals surface area contributed by atoms with Crippen LogP contribution in [0.25, 0.3) is 10.8 Å². The molecule has 22 heavy (non-hydrogen) atoms. The van der Waals surface area contributed by atoms with Gasteiger partial charge >= 0.3 is 0 Å². The molecule has 0 amide bonds. The molecule has 0 aliphatic heterocycles.